The van der Waals surface area contributed by atoms with E-state index >= 15 is 0 Å². The van der Waals surface area contributed by atoms with E-state index in [9.17, 15) is 5.02 Å². The summed E-state index contributed by atoms with van der Waals surface area (Å²) in [6.45, 7) is 5.37. The monoisotopic (exact) mass is 265 g/mol. The van der Waals surface area contributed by atoms with Crippen LogP contribution in [-0.4, -0.2) is 23.2 Å². The summed E-state index contributed by atoms with van der Waals surface area (Å²) in [7, 11) is -0.813. The number of nitrogens with two attached hydrogens (primary N) is 1. The fourth-order valence-corrected chi connectivity index (χ4v) is 2.01. The number of carboxylic acid groups (broad SMARTS) is 1. The highest BCUT2D eigenvalue weighted by molar-refractivity contribution is 6.61. The van der Waals surface area contributed by atoms with E-state index in [0.717, 1.165) is 24.4 Å². The molecular weight excluding hydrogens is 245 g/mol. The van der Waals surface area contributed by atoms with Crippen LogP contribution in [0.25, 0.3) is 0 Å². The molecule has 0 radical (unpaired) electrons. The van der Waals surface area contributed by atoms with Gasteiger partial charge in [-0.2, -0.15) is 0 Å². The zero-order chi connectivity index (χ0) is 14.6. The Bertz CT molecular complexity index is 446. The second-order valence-corrected chi connectivity index (χ2v) is 5.01. The lowest BCUT2D eigenvalue weighted by Gasteiger charge is -2.14. The third kappa shape index (κ3) is 4.57. The molecule has 1 aromatic carbocycles. The molecule has 0 saturated heterocycles. The Morgan fingerprint density at radius 2 is 2.11 bits per heavy atom. The van der Waals surface area contributed by atoms with Gasteiger partial charge in [0, 0.05) is 12.6 Å². The van der Waals surface area contributed by atoms with Gasteiger partial charge >= 0.3 is 7.12 Å². The predicted molar refractivity (Wildman–Crippen MR) is 75.1 cm³/mol. The number of hydrogen-bond donors (Lipinski definition) is 3. The van der Waals surface area contributed by atoms with Gasteiger partial charge in [0.25, 0.3) is 5.97 Å². The molecule has 4 N–H and O–H groups in total. The van der Waals surface area contributed by atoms with Gasteiger partial charge < -0.3 is 20.5 Å². The van der Waals surface area contributed by atoms with Crippen molar-refractivity contribution < 1.29 is 19.6 Å². The van der Waals surface area contributed by atoms with E-state index in [1.165, 1.54) is 0 Å². The highest BCUT2D eigenvalue weighted by Crippen LogP contribution is 2.29. The van der Waals surface area contributed by atoms with Crippen LogP contribution in [0.2, 0.25) is 0 Å². The Morgan fingerprint density at radius 1 is 1.53 bits per heavy atom. The van der Waals surface area contributed by atoms with E-state index in [4.69, 9.17) is 20.3 Å². The molecule has 0 fully saturated rings. The van der Waals surface area contributed by atoms with Crippen molar-refractivity contribution in [3.8, 4) is 0 Å². The van der Waals surface area contributed by atoms with Crippen LogP contribution in [0.4, 0.5) is 5.69 Å². The fraction of sp³-hybridized carbons (Fsp3) is 0.462. The van der Waals surface area contributed by atoms with Gasteiger partial charge in [-0.3, -0.25) is 4.79 Å². The Labute approximate surface area is 113 Å². The fourth-order valence-electron chi connectivity index (χ4n) is 2.01. The van der Waals surface area contributed by atoms with Crippen LogP contribution in [0, 0.1) is 5.92 Å². The molecule has 2 rings (SSSR count). The highest BCUT2D eigenvalue weighted by atomic mass is 16.5. The van der Waals surface area contributed by atoms with Crippen molar-refractivity contribution in [3.63, 3.8) is 0 Å². The molecule has 6 heteroatoms. The van der Waals surface area contributed by atoms with E-state index < -0.39 is 13.1 Å². The molecule has 0 amide bonds. The lowest BCUT2D eigenvalue weighted by molar-refractivity contribution is -0.134. The minimum atomic E-state index is -0.833. The van der Waals surface area contributed by atoms with Crippen LogP contribution in [0.15, 0.2) is 18.2 Å². The summed E-state index contributed by atoms with van der Waals surface area (Å²) in [5.74, 6) is -0.286. The summed E-state index contributed by atoms with van der Waals surface area (Å²) in [6.07, 6.45) is 0.934. The normalized spacial score (nSPS) is 16.9. The van der Waals surface area contributed by atoms with Gasteiger partial charge in [0.15, 0.2) is 0 Å². The summed E-state index contributed by atoms with van der Waals surface area (Å²) in [4.78, 5) is 9.00. The lowest BCUT2D eigenvalue weighted by Crippen LogP contribution is -2.28. The van der Waals surface area contributed by atoms with E-state index in [0.29, 0.717) is 11.6 Å². The number of hydrogen-bond acceptors (Lipinski definition) is 4. The second-order valence-electron chi connectivity index (χ2n) is 5.01. The van der Waals surface area contributed by atoms with Gasteiger partial charge in [0.1, 0.15) is 0 Å². The molecule has 19 heavy (non-hydrogen) atoms. The summed E-state index contributed by atoms with van der Waals surface area (Å²) < 4.78 is 5.50. The number of aliphatic carboxylic acids is 1. The van der Waals surface area contributed by atoms with Crippen LogP contribution < -0.4 is 11.2 Å². The molecule has 5 nitrogen and oxygen atoms in total. The molecule has 1 heterocycles. The first-order valence-electron chi connectivity index (χ1n) is 6.23. The Balaban J connectivity index is 0.000000399. The molecule has 1 aliphatic heterocycles. The van der Waals surface area contributed by atoms with Crippen molar-refractivity contribution in [1.29, 1.82) is 0 Å². The van der Waals surface area contributed by atoms with E-state index in [2.05, 4.69) is 13.8 Å². The Morgan fingerprint density at radius 3 is 2.63 bits per heavy atom. The molecule has 0 bridgehead atoms. The van der Waals surface area contributed by atoms with E-state index in [-0.39, 0.29) is 6.10 Å². The van der Waals surface area contributed by atoms with Crippen LogP contribution in [0.1, 0.15) is 38.9 Å². The second kappa shape index (κ2) is 6.59. The summed E-state index contributed by atoms with van der Waals surface area (Å²) in [5.41, 5.74) is 8.24. The number of rotatable bonds is 2. The number of nitrogen functional groups attached to an aromatic ring is 1. The maximum atomic E-state index is 9.71. The zero-order valence-corrected chi connectivity index (χ0v) is 11.5. The maximum Gasteiger partial charge on any atom is 0.492 e. The van der Waals surface area contributed by atoms with Crippen molar-refractivity contribution in [1.82, 2.24) is 0 Å². The first-order valence-corrected chi connectivity index (χ1v) is 6.23. The molecule has 0 spiro atoms. The topological polar surface area (TPSA) is 92.8 Å². The van der Waals surface area contributed by atoms with E-state index in [1.807, 2.05) is 12.1 Å². The maximum absolute atomic E-state index is 9.71. The minimum Gasteiger partial charge on any atom is -0.481 e. The van der Waals surface area contributed by atoms with E-state index in [1.54, 1.807) is 6.07 Å². The predicted octanol–water partition coefficient (Wildman–Crippen LogP) is 1.16. The van der Waals surface area contributed by atoms with Gasteiger partial charge in [-0.05, 0) is 35.5 Å². The third-order valence-electron chi connectivity index (χ3n) is 2.70. The lowest BCUT2D eigenvalue weighted by atomic mass is 9.79. The number of benzene rings is 1. The molecule has 1 aromatic rings. The van der Waals surface area contributed by atoms with Crippen molar-refractivity contribution in [2.24, 2.45) is 5.92 Å². The van der Waals surface area contributed by atoms with Crippen molar-refractivity contribution >= 4 is 24.2 Å². The van der Waals surface area contributed by atoms with Gasteiger partial charge in [-0.1, -0.05) is 19.9 Å². The van der Waals surface area contributed by atoms with Crippen LogP contribution >= 0.6 is 0 Å². The summed E-state index contributed by atoms with van der Waals surface area (Å²) in [6, 6.07) is 5.60. The van der Waals surface area contributed by atoms with Crippen molar-refractivity contribution in [2.45, 2.75) is 33.3 Å². The summed E-state index contributed by atoms with van der Waals surface area (Å²) >= 11 is 0. The number of anilines is 1. The SMILES string of the molecule is CC(=O)O.CC(C)CC1OB(O)c2cc(N)ccc21. The van der Waals surface area contributed by atoms with Gasteiger partial charge in [0.2, 0.25) is 0 Å². The smallest absolute Gasteiger partial charge is 0.481 e. The Hall–Kier alpha value is -1.53. The average molecular weight is 265 g/mol. The van der Waals surface area contributed by atoms with Crippen LogP contribution in [-0.2, 0) is 9.45 Å². The minimum absolute atomic E-state index is 0.00981. The van der Waals surface area contributed by atoms with Gasteiger partial charge in [-0.25, -0.2) is 0 Å². The number of fused-ring (bicyclic) bond motifs is 1. The molecule has 0 saturated carbocycles. The zero-order valence-electron chi connectivity index (χ0n) is 11.5. The first-order chi connectivity index (χ1) is 8.81. The largest absolute Gasteiger partial charge is 0.492 e. The van der Waals surface area contributed by atoms with Crippen LogP contribution in [0.3, 0.4) is 0 Å². The van der Waals surface area contributed by atoms with Crippen molar-refractivity contribution in [2.75, 3.05) is 5.73 Å². The first kappa shape index (κ1) is 15.5. The number of carboxylic acids is 1. The quantitative estimate of drug-likeness (QED) is 0.551. The van der Waals surface area contributed by atoms with Crippen LogP contribution in [0.5, 0.6) is 0 Å². The van der Waals surface area contributed by atoms with Crippen molar-refractivity contribution in [3.05, 3.63) is 23.8 Å². The molecular formula is C13H20BNO4. The standard InChI is InChI=1S/C11H16BNO2.C2H4O2/c1-7(2)5-11-9-4-3-8(13)6-10(9)12(14)15-11;1-2(3)4/h3-4,6-7,11,14H,5,13H2,1-2H3;1H3,(H,3,4). The molecule has 1 atom stereocenters. The number of carbonyl (C=O) groups is 1. The average Bonchev–Trinajstić information content (AvgIpc) is 2.53. The highest BCUT2D eigenvalue weighted by Gasteiger charge is 2.35. The summed E-state index contributed by atoms with van der Waals surface area (Å²) in [5, 5.41) is 17.1. The molecule has 104 valence electrons. The third-order valence-corrected chi connectivity index (χ3v) is 2.70. The molecule has 1 aliphatic rings. The molecule has 0 aliphatic carbocycles. The van der Waals surface area contributed by atoms with Gasteiger partial charge in [-0.15, -0.1) is 0 Å². The molecule has 0 aromatic heterocycles. The van der Waals surface area contributed by atoms with Gasteiger partial charge in [0.05, 0.1) is 6.10 Å². The molecule has 1 unspecified atom stereocenters. The Kier molecular flexibility index (Phi) is 5.38.